The second-order valence-corrected chi connectivity index (χ2v) is 8.27. The first-order valence-electron chi connectivity index (χ1n) is 8.64. The third-order valence-electron chi connectivity index (χ3n) is 3.87. The monoisotopic (exact) mass is 400 g/mol. The molecule has 0 fully saturated rings. The number of amides is 1. The van der Waals surface area contributed by atoms with Crippen LogP contribution in [0.2, 0.25) is 0 Å². The minimum Gasteiger partial charge on any atom is -0.489 e. The third-order valence-corrected chi connectivity index (χ3v) is 5.70. The average Bonchev–Trinajstić information content (AvgIpc) is 2.69. The quantitative estimate of drug-likeness (QED) is 0.519. The van der Waals surface area contributed by atoms with Gasteiger partial charge in [0.1, 0.15) is 12.4 Å². The minimum atomic E-state index is -3.46. The first-order valence-corrected chi connectivity index (χ1v) is 10.1. The summed E-state index contributed by atoms with van der Waals surface area (Å²) < 4.78 is 30.8. The highest BCUT2D eigenvalue weighted by Gasteiger charge is 2.16. The van der Waals surface area contributed by atoms with Crippen molar-refractivity contribution in [3.63, 3.8) is 0 Å². The van der Waals surface area contributed by atoms with Crippen molar-refractivity contribution < 1.29 is 17.9 Å². The second kappa shape index (κ2) is 9.87. The Morgan fingerprint density at radius 3 is 2.46 bits per heavy atom. The molecule has 0 saturated heterocycles. The Balaban J connectivity index is 1.97. The molecule has 148 valence electrons. The number of nitrogens with one attached hydrogen (secondary N) is 1. The van der Waals surface area contributed by atoms with Gasteiger partial charge in [-0.25, -0.2) is 12.7 Å². The zero-order valence-electron chi connectivity index (χ0n) is 16.0. The summed E-state index contributed by atoms with van der Waals surface area (Å²) in [6.07, 6.45) is 4.69. The van der Waals surface area contributed by atoms with E-state index in [1.165, 1.54) is 32.3 Å². The van der Waals surface area contributed by atoms with Crippen LogP contribution >= 0.6 is 0 Å². The van der Waals surface area contributed by atoms with Gasteiger partial charge in [0.15, 0.2) is 0 Å². The van der Waals surface area contributed by atoms with Crippen LogP contribution in [0, 0.1) is 0 Å². The van der Waals surface area contributed by atoms with Crippen molar-refractivity contribution in [2.24, 2.45) is 0 Å². The zero-order chi connectivity index (χ0) is 20.6. The average molecular weight is 401 g/mol. The Bertz CT molecular complexity index is 949. The van der Waals surface area contributed by atoms with Gasteiger partial charge in [0.25, 0.3) is 0 Å². The van der Waals surface area contributed by atoms with Gasteiger partial charge in [-0.3, -0.25) is 4.79 Å². The summed E-state index contributed by atoms with van der Waals surface area (Å²) in [6.45, 7) is 4.34. The van der Waals surface area contributed by atoms with E-state index in [4.69, 9.17) is 4.74 Å². The van der Waals surface area contributed by atoms with Crippen LogP contribution in [0.3, 0.4) is 0 Å². The maximum absolute atomic E-state index is 12.1. The molecule has 2 aromatic rings. The molecule has 7 heteroatoms. The highest BCUT2D eigenvalue weighted by Crippen LogP contribution is 2.18. The Hall–Kier alpha value is -2.90. The molecule has 1 amide bonds. The summed E-state index contributed by atoms with van der Waals surface area (Å²) in [5, 5.41) is 2.80. The molecule has 0 aliphatic heterocycles. The number of para-hydroxylation sites is 1. The molecule has 2 rings (SSSR count). The van der Waals surface area contributed by atoms with Crippen molar-refractivity contribution in [1.82, 2.24) is 9.62 Å². The Labute approximate surface area is 166 Å². The molecule has 1 N–H and O–H groups in total. The fourth-order valence-electron chi connectivity index (χ4n) is 2.31. The smallest absolute Gasteiger partial charge is 0.244 e. The molecule has 0 heterocycles. The molecule has 0 aliphatic carbocycles. The van der Waals surface area contributed by atoms with E-state index in [1.807, 2.05) is 24.3 Å². The van der Waals surface area contributed by atoms with Gasteiger partial charge in [0, 0.05) is 32.3 Å². The van der Waals surface area contributed by atoms with Gasteiger partial charge < -0.3 is 10.1 Å². The van der Waals surface area contributed by atoms with Gasteiger partial charge in [-0.1, -0.05) is 43.0 Å². The fraction of sp³-hybridized carbons (Fsp3) is 0.190. The lowest BCUT2D eigenvalue weighted by atomic mass is 10.2. The molecule has 0 unspecified atom stereocenters. The zero-order valence-corrected chi connectivity index (χ0v) is 16.8. The van der Waals surface area contributed by atoms with E-state index in [-0.39, 0.29) is 10.8 Å². The molecule has 0 atom stereocenters. The van der Waals surface area contributed by atoms with Crippen molar-refractivity contribution in [3.05, 3.63) is 78.4 Å². The van der Waals surface area contributed by atoms with E-state index in [0.29, 0.717) is 18.9 Å². The number of ether oxygens (including phenoxy) is 1. The largest absolute Gasteiger partial charge is 0.489 e. The van der Waals surface area contributed by atoms with Crippen molar-refractivity contribution in [2.75, 3.05) is 20.7 Å². The maximum atomic E-state index is 12.1. The number of nitrogens with zero attached hydrogens (tertiary/aromatic N) is 1. The molecule has 2 aromatic carbocycles. The first-order chi connectivity index (χ1) is 13.3. The summed E-state index contributed by atoms with van der Waals surface area (Å²) in [5.74, 6) is 0.438. The number of hydrogen-bond acceptors (Lipinski definition) is 4. The highest BCUT2D eigenvalue weighted by molar-refractivity contribution is 7.89. The van der Waals surface area contributed by atoms with Crippen LogP contribution < -0.4 is 10.1 Å². The van der Waals surface area contributed by atoms with Gasteiger partial charge in [-0.15, -0.1) is 0 Å². The Kier molecular flexibility index (Phi) is 7.54. The molecule has 0 aromatic heterocycles. The summed E-state index contributed by atoms with van der Waals surface area (Å²) in [7, 11) is -0.503. The van der Waals surface area contributed by atoms with E-state index in [2.05, 4.69) is 11.9 Å². The van der Waals surface area contributed by atoms with Crippen LogP contribution in [0.15, 0.2) is 72.2 Å². The summed E-state index contributed by atoms with van der Waals surface area (Å²) in [4.78, 5) is 12.3. The molecule has 0 bridgehead atoms. The number of carbonyl (C=O) groups excluding carboxylic acids is 1. The summed E-state index contributed by atoms with van der Waals surface area (Å²) >= 11 is 0. The molecule has 0 spiro atoms. The van der Waals surface area contributed by atoms with Gasteiger partial charge in [-0.2, -0.15) is 0 Å². The Morgan fingerprint density at radius 2 is 1.82 bits per heavy atom. The second-order valence-electron chi connectivity index (χ2n) is 6.12. The van der Waals surface area contributed by atoms with Gasteiger partial charge in [0.05, 0.1) is 4.90 Å². The van der Waals surface area contributed by atoms with E-state index < -0.39 is 10.0 Å². The lowest BCUT2D eigenvalue weighted by Gasteiger charge is -2.11. The molecular formula is C21H24N2O4S. The fourth-order valence-corrected chi connectivity index (χ4v) is 3.22. The highest BCUT2D eigenvalue weighted by atomic mass is 32.2. The van der Waals surface area contributed by atoms with E-state index in [1.54, 1.807) is 24.3 Å². The number of sulfonamides is 1. The molecular weight excluding hydrogens is 376 g/mol. The van der Waals surface area contributed by atoms with Gasteiger partial charge >= 0.3 is 0 Å². The van der Waals surface area contributed by atoms with E-state index in [0.717, 1.165) is 15.4 Å². The molecule has 0 saturated carbocycles. The van der Waals surface area contributed by atoms with Crippen LogP contribution in [0.5, 0.6) is 5.75 Å². The predicted molar refractivity (Wildman–Crippen MR) is 110 cm³/mol. The van der Waals surface area contributed by atoms with E-state index in [9.17, 15) is 13.2 Å². The van der Waals surface area contributed by atoms with E-state index >= 15 is 0 Å². The van der Waals surface area contributed by atoms with Crippen molar-refractivity contribution >= 4 is 22.0 Å². The normalized spacial score (nSPS) is 11.5. The number of rotatable bonds is 9. The van der Waals surface area contributed by atoms with Crippen LogP contribution in [0.25, 0.3) is 6.08 Å². The molecule has 6 nitrogen and oxygen atoms in total. The topological polar surface area (TPSA) is 75.7 Å². The molecule has 0 aliphatic rings. The van der Waals surface area contributed by atoms with Gasteiger partial charge in [-0.05, 0) is 29.8 Å². The number of benzene rings is 2. The summed E-state index contributed by atoms with van der Waals surface area (Å²) in [6, 6.07) is 13.8. The minimum absolute atomic E-state index is 0.204. The SMILES string of the molecule is C=CCOc1ccccc1CNC(=O)/C=C/c1ccc(S(=O)(=O)N(C)C)cc1. The lowest BCUT2D eigenvalue weighted by Crippen LogP contribution is -2.22. The standard InChI is InChI=1S/C21H24N2O4S/c1-4-15-27-20-8-6-5-7-18(20)16-22-21(24)14-11-17-9-12-19(13-10-17)28(25,26)23(2)3/h4-14H,1,15-16H2,2-3H3,(H,22,24)/b14-11+. The first kappa shape index (κ1) is 21.4. The van der Waals surface area contributed by atoms with Crippen LogP contribution in [0.4, 0.5) is 0 Å². The number of carbonyl (C=O) groups is 1. The predicted octanol–water partition coefficient (Wildman–Crippen LogP) is 2.83. The maximum Gasteiger partial charge on any atom is 0.244 e. The number of hydrogen-bond donors (Lipinski definition) is 1. The summed E-state index contributed by atoms with van der Waals surface area (Å²) in [5.41, 5.74) is 1.59. The van der Waals surface area contributed by atoms with Crippen molar-refractivity contribution in [1.29, 1.82) is 0 Å². The Morgan fingerprint density at radius 1 is 1.14 bits per heavy atom. The molecule has 0 radical (unpaired) electrons. The lowest BCUT2D eigenvalue weighted by molar-refractivity contribution is -0.116. The van der Waals surface area contributed by atoms with Crippen molar-refractivity contribution in [3.8, 4) is 5.75 Å². The van der Waals surface area contributed by atoms with Crippen LogP contribution in [-0.2, 0) is 21.4 Å². The third kappa shape index (κ3) is 5.80. The molecule has 28 heavy (non-hydrogen) atoms. The van der Waals surface area contributed by atoms with Crippen LogP contribution in [0.1, 0.15) is 11.1 Å². The van der Waals surface area contributed by atoms with Crippen LogP contribution in [-0.4, -0.2) is 39.3 Å². The van der Waals surface area contributed by atoms with Gasteiger partial charge in [0.2, 0.25) is 15.9 Å². The van der Waals surface area contributed by atoms with Crippen molar-refractivity contribution in [2.45, 2.75) is 11.4 Å².